The molecule has 3 aromatic rings. The molecule has 4 heterocycles. The molecule has 7 nitrogen and oxygen atoms in total. The Balaban J connectivity index is 1.49. The largest absolute Gasteiger partial charge is 0.315 e. The number of thiazole rings is 1. The number of hydrogen-bond donors (Lipinski definition) is 1. The molecule has 0 bridgehead atoms. The molecular formula is C18H23N7S. The first-order valence-corrected chi connectivity index (χ1v) is 9.69. The maximum atomic E-state index is 4.66. The summed E-state index contributed by atoms with van der Waals surface area (Å²) in [5.41, 5.74) is 2.29. The monoisotopic (exact) mass is 369 g/mol. The number of nitrogens with one attached hydrogen (secondary N) is 1. The average molecular weight is 369 g/mol. The van der Waals surface area contributed by atoms with Crippen LogP contribution in [-0.4, -0.2) is 42.7 Å². The number of hydrogen-bond acceptors (Lipinski definition) is 7. The molecule has 4 rings (SSSR count). The van der Waals surface area contributed by atoms with Crippen molar-refractivity contribution >= 4 is 22.3 Å². The summed E-state index contributed by atoms with van der Waals surface area (Å²) in [6.07, 6.45) is 11.7. The molecule has 0 saturated carbocycles. The van der Waals surface area contributed by atoms with Crippen molar-refractivity contribution in [1.82, 2.24) is 29.6 Å². The lowest BCUT2D eigenvalue weighted by Crippen LogP contribution is -2.34. The standard InChI is InChI=1S/C18H23N7S/c1-13-8-21-18(26-13)23-17-16(19-5-6-20-17)15-4-3-7-25(12-15)11-14-9-22-24(2)10-14/h5-6,8-10,15H,3-4,7,11-12H2,1-2H3,(H,20,21,23). The van der Waals surface area contributed by atoms with Crippen LogP contribution in [0.5, 0.6) is 0 Å². The minimum Gasteiger partial charge on any atom is -0.315 e. The van der Waals surface area contributed by atoms with Crippen LogP contribution in [0.1, 0.15) is 34.9 Å². The summed E-state index contributed by atoms with van der Waals surface area (Å²) in [6.45, 7) is 5.08. The molecule has 8 heteroatoms. The van der Waals surface area contributed by atoms with Crippen molar-refractivity contribution in [3.8, 4) is 0 Å². The predicted molar refractivity (Wildman–Crippen MR) is 103 cm³/mol. The van der Waals surface area contributed by atoms with Gasteiger partial charge >= 0.3 is 0 Å². The van der Waals surface area contributed by atoms with E-state index in [4.69, 9.17) is 0 Å². The molecule has 1 aliphatic rings. The van der Waals surface area contributed by atoms with Gasteiger partial charge < -0.3 is 5.32 Å². The molecule has 0 aromatic carbocycles. The summed E-state index contributed by atoms with van der Waals surface area (Å²) >= 11 is 1.63. The van der Waals surface area contributed by atoms with Crippen LogP contribution in [-0.2, 0) is 13.6 Å². The highest BCUT2D eigenvalue weighted by molar-refractivity contribution is 7.15. The molecule has 0 amide bonds. The topological polar surface area (TPSA) is 71.8 Å². The SMILES string of the molecule is Cc1cnc(Nc2nccnc2C2CCCN(Cc3cnn(C)c3)C2)s1. The second-order valence-electron chi connectivity index (χ2n) is 6.79. The third kappa shape index (κ3) is 3.91. The number of likely N-dealkylation sites (tertiary alicyclic amines) is 1. The predicted octanol–water partition coefficient (Wildman–Crippen LogP) is 3.10. The van der Waals surface area contributed by atoms with E-state index in [1.165, 1.54) is 10.4 Å². The van der Waals surface area contributed by atoms with Crippen LogP contribution >= 0.6 is 11.3 Å². The Labute approximate surface area is 157 Å². The minimum atomic E-state index is 0.373. The second-order valence-corrected chi connectivity index (χ2v) is 8.02. The zero-order valence-electron chi connectivity index (χ0n) is 15.1. The highest BCUT2D eigenvalue weighted by atomic mass is 32.1. The van der Waals surface area contributed by atoms with Crippen molar-refractivity contribution in [1.29, 1.82) is 0 Å². The van der Waals surface area contributed by atoms with Crippen molar-refractivity contribution in [3.05, 3.63) is 47.1 Å². The molecule has 136 valence electrons. The Bertz CT molecular complexity index is 872. The fourth-order valence-electron chi connectivity index (χ4n) is 3.49. The molecule has 0 radical (unpaired) electrons. The normalized spacial score (nSPS) is 18.2. The van der Waals surface area contributed by atoms with Crippen LogP contribution in [0.4, 0.5) is 10.9 Å². The molecule has 1 aliphatic heterocycles. The van der Waals surface area contributed by atoms with Gasteiger partial charge in [0.1, 0.15) is 0 Å². The van der Waals surface area contributed by atoms with Crippen LogP contribution in [0.15, 0.2) is 31.0 Å². The summed E-state index contributed by atoms with van der Waals surface area (Å²) in [6, 6.07) is 0. The molecule has 26 heavy (non-hydrogen) atoms. The van der Waals surface area contributed by atoms with E-state index in [1.807, 2.05) is 24.1 Å². The number of anilines is 2. The first-order valence-electron chi connectivity index (χ1n) is 8.87. The van der Waals surface area contributed by atoms with E-state index in [2.05, 4.69) is 43.4 Å². The molecule has 1 N–H and O–H groups in total. The van der Waals surface area contributed by atoms with Crippen LogP contribution in [0, 0.1) is 6.92 Å². The van der Waals surface area contributed by atoms with E-state index in [-0.39, 0.29) is 0 Å². The van der Waals surface area contributed by atoms with Gasteiger partial charge in [-0.2, -0.15) is 5.10 Å². The van der Waals surface area contributed by atoms with E-state index < -0.39 is 0 Å². The molecule has 1 unspecified atom stereocenters. The van der Waals surface area contributed by atoms with E-state index in [1.54, 1.807) is 23.7 Å². The smallest absolute Gasteiger partial charge is 0.188 e. The first-order chi connectivity index (χ1) is 12.7. The fraction of sp³-hybridized carbons (Fsp3) is 0.444. The third-order valence-electron chi connectivity index (χ3n) is 4.63. The van der Waals surface area contributed by atoms with Crippen molar-refractivity contribution in [3.63, 3.8) is 0 Å². The first kappa shape index (κ1) is 17.1. The lowest BCUT2D eigenvalue weighted by molar-refractivity contribution is 0.198. The number of rotatable bonds is 5. The minimum absolute atomic E-state index is 0.373. The zero-order valence-corrected chi connectivity index (χ0v) is 15.9. The Morgan fingerprint density at radius 3 is 2.88 bits per heavy atom. The Hall–Kier alpha value is -2.32. The van der Waals surface area contributed by atoms with Crippen molar-refractivity contribution in [2.45, 2.75) is 32.2 Å². The van der Waals surface area contributed by atoms with E-state index in [9.17, 15) is 0 Å². The van der Waals surface area contributed by atoms with Crippen LogP contribution in [0.2, 0.25) is 0 Å². The van der Waals surface area contributed by atoms with Gasteiger partial charge in [0.2, 0.25) is 0 Å². The number of aryl methyl sites for hydroxylation is 2. The second kappa shape index (κ2) is 7.51. The molecule has 0 aliphatic carbocycles. The van der Waals surface area contributed by atoms with E-state index in [0.717, 1.165) is 49.1 Å². The summed E-state index contributed by atoms with van der Waals surface area (Å²) in [4.78, 5) is 17.2. The summed E-state index contributed by atoms with van der Waals surface area (Å²) in [7, 11) is 1.96. The molecule has 1 saturated heterocycles. The molecule has 1 atom stereocenters. The van der Waals surface area contributed by atoms with Gasteiger partial charge in [0.25, 0.3) is 0 Å². The van der Waals surface area contributed by atoms with Crippen LogP contribution in [0.3, 0.4) is 0 Å². The molecule has 1 fully saturated rings. The highest BCUT2D eigenvalue weighted by Gasteiger charge is 2.25. The summed E-state index contributed by atoms with van der Waals surface area (Å²) in [5.74, 6) is 1.20. The maximum Gasteiger partial charge on any atom is 0.188 e. The number of nitrogens with zero attached hydrogens (tertiary/aromatic N) is 6. The zero-order chi connectivity index (χ0) is 17.9. The third-order valence-corrected chi connectivity index (χ3v) is 5.46. The molecule has 3 aromatic heterocycles. The van der Waals surface area contributed by atoms with Gasteiger partial charge in [-0.15, -0.1) is 11.3 Å². The van der Waals surface area contributed by atoms with Gasteiger partial charge in [-0.25, -0.2) is 9.97 Å². The van der Waals surface area contributed by atoms with E-state index >= 15 is 0 Å². The van der Waals surface area contributed by atoms with Crippen molar-refractivity contribution in [2.24, 2.45) is 7.05 Å². The molecule has 0 spiro atoms. The summed E-state index contributed by atoms with van der Waals surface area (Å²) in [5, 5.41) is 8.50. The highest BCUT2D eigenvalue weighted by Crippen LogP contribution is 2.31. The van der Waals surface area contributed by atoms with Gasteiger partial charge in [-0.3, -0.25) is 14.6 Å². The number of piperidine rings is 1. The lowest BCUT2D eigenvalue weighted by atomic mass is 9.94. The van der Waals surface area contributed by atoms with Gasteiger partial charge in [0.05, 0.1) is 11.9 Å². The van der Waals surface area contributed by atoms with Crippen LogP contribution < -0.4 is 5.32 Å². The Morgan fingerprint density at radius 1 is 1.23 bits per heavy atom. The fourth-order valence-corrected chi connectivity index (χ4v) is 4.16. The quantitative estimate of drug-likeness (QED) is 0.745. The Kier molecular flexibility index (Phi) is 4.94. The van der Waals surface area contributed by atoms with Gasteiger partial charge in [0.15, 0.2) is 10.9 Å². The van der Waals surface area contributed by atoms with Crippen molar-refractivity contribution in [2.75, 3.05) is 18.4 Å². The number of aromatic nitrogens is 5. The summed E-state index contributed by atoms with van der Waals surface area (Å²) < 4.78 is 1.86. The Morgan fingerprint density at radius 2 is 2.12 bits per heavy atom. The van der Waals surface area contributed by atoms with Gasteiger partial charge in [-0.1, -0.05) is 0 Å². The molecular weight excluding hydrogens is 346 g/mol. The van der Waals surface area contributed by atoms with Crippen molar-refractivity contribution < 1.29 is 0 Å². The van der Waals surface area contributed by atoms with Crippen LogP contribution in [0.25, 0.3) is 0 Å². The lowest BCUT2D eigenvalue weighted by Gasteiger charge is -2.32. The van der Waals surface area contributed by atoms with Gasteiger partial charge in [0, 0.05) is 61.3 Å². The average Bonchev–Trinajstić information content (AvgIpc) is 3.24. The maximum absolute atomic E-state index is 4.66. The van der Waals surface area contributed by atoms with Gasteiger partial charge in [-0.05, 0) is 26.3 Å². The van der Waals surface area contributed by atoms with E-state index in [0.29, 0.717) is 5.92 Å².